The Bertz CT molecular complexity index is 1610. The van der Waals surface area contributed by atoms with Gasteiger partial charge in [0.15, 0.2) is 0 Å². The van der Waals surface area contributed by atoms with Gasteiger partial charge in [-0.3, -0.25) is 0 Å². The molecule has 4 atom stereocenters. The maximum atomic E-state index is 2.60. The number of benzene rings is 4. The normalized spacial score (nSPS) is 24.7. The minimum atomic E-state index is -2.54. The molecule has 43 heavy (non-hydrogen) atoms. The van der Waals surface area contributed by atoms with Crippen molar-refractivity contribution in [1.82, 2.24) is 0 Å². The summed E-state index contributed by atoms with van der Waals surface area (Å²) in [6.07, 6.45) is 11.0. The third-order valence-electron chi connectivity index (χ3n) is 11.2. The summed E-state index contributed by atoms with van der Waals surface area (Å²) in [5.41, 5.74) is 17.9. The van der Waals surface area contributed by atoms with Crippen LogP contribution in [0.4, 0.5) is 0 Å². The van der Waals surface area contributed by atoms with E-state index in [-0.39, 0.29) is 24.8 Å². The van der Waals surface area contributed by atoms with Crippen molar-refractivity contribution >= 4 is 12.2 Å². The molecule has 1 saturated heterocycles. The molecule has 4 aliphatic rings. The molecule has 4 aromatic rings. The third-order valence-corrected chi connectivity index (χ3v) is 22.3. The van der Waals surface area contributed by atoms with Crippen molar-refractivity contribution in [2.75, 3.05) is 0 Å². The van der Waals surface area contributed by atoms with Gasteiger partial charge in [0.1, 0.15) is 0 Å². The zero-order valence-corrected chi connectivity index (χ0v) is 28.7. The van der Waals surface area contributed by atoms with Crippen LogP contribution in [0.3, 0.4) is 0 Å². The summed E-state index contributed by atoms with van der Waals surface area (Å²) in [5, 5.41) is 0. The van der Waals surface area contributed by atoms with E-state index in [0.29, 0.717) is 8.45 Å². The maximum absolute atomic E-state index is 2.60. The van der Waals surface area contributed by atoms with Crippen LogP contribution in [0.2, 0.25) is 8.45 Å². The van der Waals surface area contributed by atoms with Crippen molar-refractivity contribution in [3.8, 4) is 22.3 Å². The second kappa shape index (κ2) is 11.5. The molecule has 0 aromatic heterocycles. The predicted molar refractivity (Wildman–Crippen MR) is 172 cm³/mol. The van der Waals surface area contributed by atoms with Crippen LogP contribution in [0.1, 0.15) is 81.4 Å². The molecule has 1 saturated carbocycles. The molecule has 3 aliphatic carbocycles. The molecule has 0 spiro atoms. The first-order valence-electron chi connectivity index (χ1n) is 15.7. The Kier molecular flexibility index (Phi) is 8.23. The number of rotatable bonds is 4. The second-order valence-corrected chi connectivity index (χ2v) is 20.7. The summed E-state index contributed by atoms with van der Waals surface area (Å²) >= 11 is -2.54. The standard InChI is InChI=1S/2C17H15.C6H10.2ClH.Ti/c2*1-12-6-8-14(9-7-12)16-5-3-4-15-10-13(2)11-17(15)16;1-2-4-6-5-3-1;;;/h2*3-11H,1-2H3;1-2H,3-6H2;2*1H;/q;;;;;+2/p-2. The average Bonchev–Trinajstić information content (AvgIpc) is 3.29. The number of fused-ring (bicyclic) bond motifs is 3. The third kappa shape index (κ3) is 4.59. The van der Waals surface area contributed by atoms with Crippen molar-refractivity contribution < 1.29 is 41.4 Å². The van der Waals surface area contributed by atoms with E-state index in [4.69, 9.17) is 0 Å². The van der Waals surface area contributed by atoms with Gasteiger partial charge in [0.25, 0.3) is 0 Å². The first kappa shape index (κ1) is 30.7. The molecule has 0 nitrogen and oxygen atoms in total. The van der Waals surface area contributed by atoms with Crippen LogP contribution in [-0.2, 0) is 16.6 Å². The van der Waals surface area contributed by atoms with Crippen molar-refractivity contribution in [2.24, 2.45) is 0 Å². The fourth-order valence-corrected chi connectivity index (χ4v) is 23.8. The van der Waals surface area contributed by atoms with Gasteiger partial charge < -0.3 is 24.8 Å². The number of hydrogen-bond acceptors (Lipinski definition) is 0. The smallest absolute Gasteiger partial charge is 1.00 e. The Morgan fingerprint density at radius 3 is 1.30 bits per heavy atom. The zero-order chi connectivity index (χ0) is 27.9. The van der Waals surface area contributed by atoms with E-state index < -0.39 is 16.6 Å². The van der Waals surface area contributed by atoms with Gasteiger partial charge >= 0.3 is 251 Å². The van der Waals surface area contributed by atoms with Crippen LogP contribution < -0.4 is 24.8 Å². The first-order valence-corrected chi connectivity index (χ1v) is 19.4. The van der Waals surface area contributed by atoms with Crippen molar-refractivity contribution in [3.05, 3.63) is 129 Å². The van der Waals surface area contributed by atoms with Crippen LogP contribution in [0.25, 0.3) is 34.4 Å². The summed E-state index contributed by atoms with van der Waals surface area (Å²) < 4.78 is 3.33. The summed E-state index contributed by atoms with van der Waals surface area (Å²) in [6, 6.07) is 32.8. The molecule has 1 aliphatic heterocycles. The van der Waals surface area contributed by atoms with Gasteiger partial charge in [-0.1, -0.05) is 0 Å². The van der Waals surface area contributed by atoms with Gasteiger partial charge in [0.05, 0.1) is 0 Å². The molecular weight excluding hydrogens is 599 g/mol. The topological polar surface area (TPSA) is 0 Å². The fraction of sp³-hybridized carbons (Fsp3) is 0.300. The van der Waals surface area contributed by atoms with E-state index in [1.807, 2.05) is 0 Å². The number of hydrogen-bond donors (Lipinski definition) is 0. The monoisotopic (exact) mass is 638 g/mol. The number of aryl methyl sites for hydroxylation is 2. The molecule has 0 radical (unpaired) electrons. The first-order chi connectivity index (χ1) is 20.0. The van der Waals surface area contributed by atoms with Crippen molar-refractivity contribution in [3.63, 3.8) is 0 Å². The van der Waals surface area contributed by atoms with Crippen molar-refractivity contribution in [2.45, 2.75) is 70.3 Å². The van der Waals surface area contributed by atoms with E-state index >= 15 is 0 Å². The van der Waals surface area contributed by atoms with Gasteiger partial charge in [-0.05, 0) is 0 Å². The van der Waals surface area contributed by atoms with Crippen LogP contribution >= 0.6 is 0 Å². The van der Waals surface area contributed by atoms with E-state index in [2.05, 4.69) is 125 Å². The quantitative estimate of drug-likeness (QED) is 0.256. The Labute approximate surface area is 273 Å². The van der Waals surface area contributed by atoms with Crippen molar-refractivity contribution in [1.29, 1.82) is 0 Å². The molecular formula is C40H40Cl2Ti. The number of allylic oxidation sites excluding steroid dienone is 2. The molecule has 218 valence electrons. The van der Waals surface area contributed by atoms with Gasteiger partial charge in [-0.15, -0.1) is 0 Å². The van der Waals surface area contributed by atoms with Crippen LogP contribution in [0.15, 0.2) is 96.1 Å². The Morgan fingerprint density at radius 2 is 0.907 bits per heavy atom. The Hall–Kier alpha value is -2.35. The fourth-order valence-electron chi connectivity index (χ4n) is 9.64. The molecule has 1 heterocycles. The Morgan fingerprint density at radius 1 is 0.512 bits per heavy atom. The molecule has 3 heteroatoms. The second-order valence-electron chi connectivity index (χ2n) is 13.5. The number of halogens is 2. The maximum Gasteiger partial charge on any atom is -1.00 e. The summed E-state index contributed by atoms with van der Waals surface area (Å²) in [4.78, 5) is 0. The van der Waals surface area contributed by atoms with Gasteiger partial charge in [0.2, 0.25) is 0 Å². The van der Waals surface area contributed by atoms with Gasteiger partial charge in [-0.25, -0.2) is 0 Å². The SMILES string of the molecule is CC1=Cc2c(-c3ccc(C)cc3)cccc2[CH]1[Ti+2]1([CH]2C(C)=Cc3c(-c4ccc(C)cc4)cccc32)[CH]2CCCC[CH]21.[Cl-].[Cl-]. The molecule has 4 unspecified atom stereocenters. The predicted octanol–water partition coefficient (Wildman–Crippen LogP) is 5.58. The molecule has 0 amide bonds. The van der Waals surface area contributed by atoms with E-state index in [1.165, 1.54) is 70.2 Å². The van der Waals surface area contributed by atoms with E-state index in [1.54, 1.807) is 22.3 Å². The summed E-state index contributed by atoms with van der Waals surface area (Å²) in [7, 11) is 0. The van der Waals surface area contributed by atoms with E-state index in [9.17, 15) is 0 Å². The van der Waals surface area contributed by atoms with Crippen LogP contribution in [-0.4, -0.2) is 0 Å². The molecule has 4 aromatic carbocycles. The zero-order valence-electron chi connectivity index (χ0n) is 25.6. The van der Waals surface area contributed by atoms with Crippen LogP contribution in [0.5, 0.6) is 0 Å². The van der Waals surface area contributed by atoms with E-state index in [0.717, 1.165) is 8.45 Å². The molecule has 8 rings (SSSR count). The van der Waals surface area contributed by atoms with Gasteiger partial charge in [-0.2, -0.15) is 0 Å². The summed E-state index contributed by atoms with van der Waals surface area (Å²) in [6.45, 7) is 9.34. The average molecular weight is 640 g/mol. The minimum Gasteiger partial charge on any atom is -1.00 e. The summed E-state index contributed by atoms with van der Waals surface area (Å²) in [5.74, 6) is 0. The molecule has 0 N–H and O–H groups in total. The minimum absolute atomic E-state index is 0. The largest absolute Gasteiger partial charge is 1.00 e. The Balaban J connectivity index is 0.00000165. The van der Waals surface area contributed by atoms with Gasteiger partial charge in [0, 0.05) is 0 Å². The molecule has 2 fully saturated rings. The molecule has 0 bridgehead atoms. The van der Waals surface area contributed by atoms with Crippen LogP contribution in [0, 0.1) is 13.8 Å².